The van der Waals surface area contributed by atoms with Crippen molar-refractivity contribution in [3.8, 4) is 5.75 Å². The Balaban J connectivity index is 1.84. The van der Waals surface area contributed by atoms with Crippen LogP contribution in [0.4, 0.5) is 13.2 Å². The highest BCUT2D eigenvalue weighted by Crippen LogP contribution is 2.34. The smallest absolute Gasteiger partial charge is 0.406 e. The average molecular weight is 383 g/mol. The number of halogens is 3. The molecular weight excluding hydrogens is 367 g/mol. The summed E-state index contributed by atoms with van der Waals surface area (Å²) in [6.07, 6.45) is -2.78. The van der Waals surface area contributed by atoms with Crippen LogP contribution in [-0.2, 0) is 10.0 Å². The molecule has 0 radical (unpaired) electrons. The first-order valence-corrected chi connectivity index (χ1v) is 9.39. The van der Waals surface area contributed by atoms with Gasteiger partial charge in [0.1, 0.15) is 5.75 Å². The Labute approximate surface area is 149 Å². The molecule has 0 saturated carbocycles. The lowest BCUT2D eigenvalue weighted by Gasteiger charge is -2.13. The first kappa shape index (κ1) is 18.3. The SMILES string of the molecule is O=S(=O)(NC1=C(c2ccc(OC(F)(F)F)cc2)CCC1)c1ccccc1. The van der Waals surface area contributed by atoms with Gasteiger partial charge in [-0.1, -0.05) is 30.3 Å². The van der Waals surface area contributed by atoms with Gasteiger partial charge in [-0.25, -0.2) is 8.42 Å². The van der Waals surface area contributed by atoms with Crippen molar-refractivity contribution >= 4 is 15.6 Å². The van der Waals surface area contributed by atoms with Crippen LogP contribution in [0.3, 0.4) is 0 Å². The van der Waals surface area contributed by atoms with Crippen LogP contribution < -0.4 is 9.46 Å². The van der Waals surface area contributed by atoms with Gasteiger partial charge in [0.2, 0.25) is 0 Å². The molecule has 1 N–H and O–H groups in total. The van der Waals surface area contributed by atoms with E-state index in [0.29, 0.717) is 24.1 Å². The monoisotopic (exact) mass is 383 g/mol. The van der Waals surface area contributed by atoms with E-state index in [9.17, 15) is 21.6 Å². The van der Waals surface area contributed by atoms with Crippen LogP contribution in [0.25, 0.3) is 5.57 Å². The molecule has 1 aliphatic rings. The molecule has 0 amide bonds. The normalized spacial score (nSPS) is 15.2. The third-order valence-corrected chi connectivity index (χ3v) is 5.37. The lowest BCUT2D eigenvalue weighted by molar-refractivity contribution is -0.274. The number of hydrogen-bond acceptors (Lipinski definition) is 3. The fourth-order valence-electron chi connectivity index (χ4n) is 2.85. The van der Waals surface area contributed by atoms with E-state index in [4.69, 9.17) is 0 Å². The van der Waals surface area contributed by atoms with Crippen molar-refractivity contribution in [2.24, 2.45) is 0 Å². The maximum atomic E-state index is 12.5. The number of allylic oxidation sites excluding steroid dienone is 2. The molecule has 0 aromatic heterocycles. The molecule has 0 atom stereocenters. The minimum Gasteiger partial charge on any atom is -0.406 e. The van der Waals surface area contributed by atoms with Gasteiger partial charge in [-0.2, -0.15) is 0 Å². The maximum Gasteiger partial charge on any atom is 0.573 e. The minimum atomic E-state index is -4.75. The molecular formula is C18H16F3NO3S. The molecule has 0 saturated heterocycles. The molecule has 0 heterocycles. The van der Waals surface area contributed by atoms with Crippen LogP contribution in [0.15, 0.2) is 65.2 Å². The first-order chi connectivity index (χ1) is 12.2. The molecule has 0 fully saturated rings. The van der Waals surface area contributed by atoms with Crippen LogP contribution in [0.5, 0.6) is 5.75 Å². The van der Waals surface area contributed by atoms with Crippen LogP contribution >= 0.6 is 0 Å². The summed E-state index contributed by atoms with van der Waals surface area (Å²) in [6.45, 7) is 0. The Morgan fingerprint density at radius 1 is 0.923 bits per heavy atom. The molecule has 4 nitrogen and oxygen atoms in total. The summed E-state index contributed by atoms with van der Waals surface area (Å²) >= 11 is 0. The zero-order valence-corrected chi connectivity index (χ0v) is 14.4. The lowest BCUT2D eigenvalue weighted by atomic mass is 10.0. The van der Waals surface area contributed by atoms with E-state index >= 15 is 0 Å². The fourth-order valence-corrected chi connectivity index (χ4v) is 4.04. The quantitative estimate of drug-likeness (QED) is 0.830. The molecule has 0 unspecified atom stereocenters. The van der Waals surface area contributed by atoms with Crippen molar-refractivity contribution in [3.05, 3.63) is 65.9 Å². The van der Waals surface area contributed by atoms with Gasteiger partial charge in [-0.3, -0.25) is 4.72 Å². The van der Waals surface area contributed by atoms with Gasteiger partial charge < -0.3 is 4.74 Å². The zero-order valence-electron chi connectivity index (χ0n) is 13.6. The van der Waals surface area contributed by atoms with E-state index in [1.165, 1.54) is 36.4 Å². The van der Waals surface area contributed by atoms with Crippen molar-refractivity contribution in [1.82, 2.24) is 4.72 Å². The van der Waals surface area contributed by atoms with Crippen LogP contribution in [-0.4, -0.2) is 14.8 Å². The van der Waals surface area contributed by atoms with Crippen LogP contribution in [0, 0.1) is 0 Å². The highest BCUT2D eigenvalue weighted by atomic mass is 32.2. The second kappa shape index (κ2) is 7.03. The summed E-state index contributed by atoms with van der Waals surface area (Å²) in [7, 11) is -3.70. The molecule has 2 aromatic rings. The molecule has 8 heteroatoms. The molecule has 0 aliphatic heterocycles. The van der Waals surface area contributed by atoms with Crippen molar-refractivity contribution in [2.75, 3.05) is 0 Å². The highest BCUT2D eigenvalue weighted by molar-refractivity contribution is 7.89. The summed E-state index contributed by atoms with van der Waals surface area (Å²) in [5, 5.41) is 0. The number of benzene rings is 2. The molecule has 2 aromatic carbocycles. The topological polar surface area (TPSA) is 55.4 Å². The number of alkyl halides is 3. The van der Waals surface area contributed by atoms with Gasteiger partial charge >= 0.3 is 6.36 Å². The standard InChI is InChI=1S/C18H16F3NO3S/c19-18(20,21)25-14-11-9-13(10-12-14)16-7-4-8-17(16)22-26(23,24)15-5-2-1-3-6-15/h1-3,5-6,9-12,22H,4,7-8H2. The summed E-state index contributed by atoms with van der Waals surface area (Å²) < 4.78 is 68.2. The second-order valence-electron chi connectivity index (χ2n) is 5.80. The average Bonchev–Trinajstić information content (AvgIpc) is 3.02. The molecule has 3 rings (SSSR count). The number of nitrogens with one attached hydrogen (secondary N) is 1. The summed E-state index contributed by atoms with van der Waals surface area (Å²) in [5.74, 6) is -0.314. The van der Waals surface area contributed by atoms with E-state index in [1.54, 1.807) is 18.2 Å². The molecule has 0 spiro atoms. The van der Waals surface area contributed by atoms with Crippen molar-refractivity contribution < 1.29 is 26.3 Å². The maximum absolute atomic E-state index is 12.5. The summed E-state index contributed by atoms with van der Waals surface area (Å²) in [6, 6.07) is 13.4. The van der Waals surface area contributed by atoms with Gasteiger partial charge in [-0.05, 0) is 54.7 Å². The Morgan fingerprint density at radius 3 is 2.19 bits per heavy atom. The Morgan fingerprint density at radius 2 is 1.58 bits per heavy atom. The van der Waals surface area contributed by atoms with Crippen molar-refractivity contribution in [1.29, 1.82) is 0 Å². The number of hydrogen-bond donors (Lipinski definition) is 1. The van der Waals surface area contributed by atoms with Crippen LogP contribution in [0.1, 0.15) is 24.8 Å². The van der Waals surface area contributed by atoms with E-state index in [2.05, 4.69) is 9.46 Å². The third-order valence-electron chi connectivity index (χ3n) is 3.97. The van der Waals surface area contributed by atoms with Gasteiger partial charge in [0.15, 0.2) is 0 Å². The van der Waals surface area contributed by atoms with E-state index in [0.717, 1.165) is 12.0 Å². The predicted molar refractivity (Wildman–Crippen MR) is 90.7 cm³/mol. The molecule has 138 valence electrons. The number of ether oxygens (including phenoxy) is 1. The van der Waals surface area contributed by atoms with Crippen molar-refractivity contribution in [2.45, 2.75) is 30.5 Å². The lowest BCUT2D eigenvalue weighted by Crippen LogP contribution is -2.23. The predicted octanol–water partition coefficient (Wildman–Crippen LogP) is 4.46. The van der Waals surface area contributed by atoms with E-state index in [1.807, 2.05) is 0 Å². The Bertz CT molecular complexity index is 905. The molecule has 1 aliphatic carbocycles. The highest BCUT2D eigenvalue weighted by Gasteiger charge is 2.31. The van der Waals surface area contributed by atoms with Crippen molar-refractivity contribution in [3.63, 3.8) is 0 Å². The fraction of sp³-hybridized carbons (Fsp3) is 0.222. The van der Waals surface area contributed by atoms with Gasteiger partial charge in [0, 0.05) is 5.70 Å². The largest absolute Gasteiger partial charge is 0.573 e. The van der Waals surface area contributed by atoms with Gasteiger partial charge in [-0.15, -0.1) is 13.2 Å². The Hall–Kier alpha value is -2.48. The second-order valence-corrected chi connectivity index (χ2v) is 7.48. The summed E-state index contributed by atoms with van der Waals surface area (Å²) in [4.78, 5) is 0.160. The molecule has 26 heavy (non-hydrogen) atoms. The molecule has 0 bridgehead atoms. The van der Waals surface area contributed by atoms with Gasteiger partial charge in [0.05, 0.1) is 4.90 Å². The first-order valence-electron chi connectivity index (χ1n) is 7.91. The number of rotatable bonds is 5. The third kappa shape index (κ3) is 4.37. The summed E-state index contributed by atoms with van der Waals surface area (Å²) in [5.41, 5.74) is 2.02. The minimum absolute atomic E-state index is 0.160. The van der Waals surface area contributed by atoms with Gasteiger partial charge in [0.25, 0.3) is 10.0 Å². The van der Waals surface area contributed by atoms with E-state index < -0.39 is 16.4 Å². The van der Waals surface area contributed by atoms with Crippen LogP contribution in [0.2, 0.25) is 0 Å². The van der Waals surface area contributed by atoms with E-state index in [-0.39, 0.29) is 10.6 Å². The zero-order chi connectivity index (χ0) is 18.8. The number of sulfonamides is 1. The Kier molecular flexibility index (Phi) is 4.95.